The lowest BCUT2D eigenvalue weighted by Gasteiger charge is -2.04. The summed E-state index contributed by atoms with van der Waals surface area (Å²) in [4.78, 5) is 0. The molecule has 3 rings (SSSR count). The van der Waals surface area contributed by atoms with Crippen molar-refractivity contribution in [1.82, 2.24) is 0 Å². The fourth-order valence-electron chi connectivity index (χ4n) is 2.26. The summed E-state index contributed by atoms with van der Waals surface area (Å²) >= 11 is 0. The van der Waals surface area contributed by atoms with Crippen LogP contribution in [0.2, 0.25) is 0 Å². The summed E-state index contributed by atoms with van der Waals surface area (Å²) in [6.07, 6.45) is 0. The van der Waals surface area contributed by atoms with E-state index in [1.165, 1.54) is 12.1 Å². The summed E-state index contributed by atoms with van der Waals surface area (Å²) in [5, 5.41) is 0. The molecular formula is C21H14F2. The first kappa shape index (κ1) is 15.0. The monoisotopic (exact) mass is 304 g/mol. The lowest BCUT2D eigenvalue weighted by Crippen LogP contribution is -1.92. The molecule has 0 aromatic heterocycles. The van der Waals surface area contributed by atoms with Gasteiger partial charge in [0.1, 0.15) is 11.6 Å². The Kier molecular flexibility index (Phi) is 4.21. The molecule has 0 atom stereocenters. The predicted molar refractivity (Wildman–Crippen MR) is 89.0 cm³/mol. The van der Waals surface area contributed by atoms with Gasteiger partial charge < -0.3 is 0 Å². The predicted octanol–water partition coefficient (Wildman–Crippen LogP) is 5.34. The second-order valence-corrected chi connectivity index (χ2v) is 5.30. The minimum Gasteiger partial charge on any atom is -0.205 e. The summed E-state index contributed by atoms with van der Waals surface area (Å²) in [7, 11) is 0. The molecule has 0 heterocycles. The van der Waals surface area contributed by atoms with E-state index in [4.69, 9.17) is 0 Å². The Morgan fingerprint density at radius 2 is 1.30 bits per heavy atom. The quantitative estimate of drug-likeness (QED) is 0.532. The first-order chi connectivity index (χ1) is 11.1. The third kappa shape index (κ3) is 3.46. The Bertz CT molecular complexity index is 860. The van der Waals surface area contributed by atoms with Gasteiger partial charge in [-0.05, 0) is 42.3 Å². The lowest BCUT2D eigenvalue weighted by atomic mass is 10.0. The maximum absolute atomic E-state index is 14.2. The van der Waals surface area contributed by atoms with Crippen LogP contribution >= 0.6 is 0 Å². The molecule has 0 N–H and O–H groups in total. The van der Waals surface area contributed by atoms with Crippen LogP contribution in [0, 0.1) is 30.4 Å². The largest absolute Gasteiger partial charge is 0.205 e. The van der Waals surface area contributed by atoms with Crippen molar-refractivity contribution < 1.29 is 8.78 Å². The smallest absolute Gasteiger partial charge is 0.142 e. The number of benzene rings is 3. The maximum Gasteiger partial charge on any atom is 0.142 e. The van der Waals surface area contributed by atoms with Gasteiger partial charge in [0.15, 0.2) is 0 Å². The van der Waals surface area contributed by atoms with Crippen LogP contribution in [-0.4, -0.2) is 0 Å². The van der Waals surface area contributed by atoms with Crippen LogP contribution in [0.15, 0.2) is 66.7 Å². The van der Waals surface area contributed by atoms with Crippen LogP contribution in [0.1, 0.15) is 16.7 Å². The summed E-state index contributed by atoms with van der Waals surface area (Å²) < 4.78 is 28.4. The maximum atomic E-state index is 14.2. The Morgan fingerprint density at radius 1 is 0.696 bits per heavy atom. The highest BCUT2D eigenvalue weighted by Crippen LogP contribution is 2.24. The van der Waals surface area contributed by atoms with Gasteiger partial charge in [0.25, 0.3) is 0 Å². The van der Waals surface area contributed by atoms with E-state index in [0.717, 1.165) is 16.7 Å². The topological polar surface area (TPSA) is 0 Å². The van der Waals surface area contributed by atoms with Crippen molar-refractivity contribution in [3.05, 3.63) is 95.1 Å². The molecule has 0 aliphatic carbocycles. The van der Waals surface area contributed by atoms with E-state index in [1.54, 1.807) is 0 Å². The van der Waals surface area contributed by atoms with Crippen molar-refractivity contribution in [3.63, 3.8) is 0 Å². The highest BCUT2D eigenvalue weighted by Gasteiger charge is 2.10. The number of aryl methyl sites for hydroxylation is 1. The third-order valence-electron chi connectivity index (χ3n) is 3.53. The zero-order valence-corrected chi connectivity index (χ0v) is 12.6. The van der Waals surface area contributed by atoms with Gasteiger partial charge >= 0.3 is 0 Å². The van der Waals surface area contributed by atoms with Gasteiger partial charge in [-0.1, -0.05) is 59.9 Å². The van der Waals surface area contributed by atoms with Crippen molar-refractivity contribution in [3.8, 4) is 23.0 Å². The second-order valence-electron chi connectivity index (χ2n) is 5.30. The average Bonchev–Trinajstić information content (AvgIpc) is 2.56. The number of hydrogen-bond acceptors (Lipinski definition) is 0. The first-order valence-corrected chi connectivity index (χ1v) is 7.26. The average molecular weight is 304 g/mol. The summed E-state index contributed by atoms with van der Waals surface area (Å²) in [5.41, 5.74) is 2.90. The van der Waals surface area contributed by atoms with Crippen molar-refractivity contribution >= 4 is 0 Å². The Hall–Kier alpha value is -2.92. The van der Waals surface area contributed by atoms with E-state index in [0.29, 0.717) is 5.56 Å². The van der Waals surface area contributed by atoms with E-state index in [9.17, 15) is 8.78 Å². The molecule has 0 saturated carbocycles. The molecule has 3 aromatic carbocycles. The molecule has 0 fully saturated rings. The van der Waals surface area contributed by atoms with Gasteiger partial charge in [0.05, 0.1) is 5.56 Å². The second kappa shape index (κ2) is 6.46. The molecule has 0 saturated heterocycles. The molecule has 2 heteroatoms. The number of rotatable bonds is 1. The molecule has 0 aliphatic rings. The van der Waals surface area contributed by atoms with Crippen LogP contribution < -0.4 is 0 Å². The highest BCUT2D eigenvalue weighted by atomic mass is 19.1. The molecule has 0 unspecified atom stereocenters. The van der Waals surface area contributed by atoms with E-state index < -0.39 is 11.6 Å². The molecule has 0 nitrogen and oxygen atoms in total. The molecule has 0 aliphatic heterocycles. The van der Waals surface area contributed by atoms with E-state index in [-0.39, 0.29) is 5.56 Å². The van der Waals surface area contributed by atoms with Crippen LogP contribution in [0.3, 0.4) is 0 Å². The standard InChI is InChI=1S/C21H14F2/c1-15-7-9-16(10-8-15)11-12-19-20(22)13-18(14-21(19)23)17-5-3-2-4-6-17/h2-10,13-14H,1H3. The zero-order chi connectivity index (χ0) is 16.2. The van der Waals surface area contributed by atoms with E-state index in [2.05, 4.69) is 11.8 Å². The van der Waals surface area contributed by atoms with Crippen molar-refractivity contribution in [2.75, 3.05) is 0 Å². The highest BCUT2D eigenvalue weighted by molar-refractivity contribution is 5.65. The van der Waals surface area contributed by atoms with Crippen molar-refractivity contribution in [2.24, 2.45) is 0 Å². The van der Waals surface area contributed by atoms with Gasteiger partial charge in [-0.15, -0.1) is 0 Å². The first-order valence-electron chi connectivity index (χ1n) is 7.26. The fourth-order valence-corrected chi connectivity index (χ4v) is 2.26. The van der Waals surface area contributed by atoms with Gasteiger partial charge in [0.2, 0.25) is 0 Å². The lowest BCUT2D eigenvalue weighted by molar-refractivity contribution is 0.578. The van der Waals surface area contributed by atoms with Gasteiger partial charge in [-0.3, -0.25) is 0 Å². The Balaban J connectivity index is 1.97. The van der Waals surface area contributed by atoms with Crippen LogP contribution in [0.5, 0.6) is 0 Å². The Morgan fingerprint density at radius 3 is 1.91 bits per heavy atom. The van der Waals surface area contributed by atoms with E-state index in [1.807, 2.05) is 61.5 Å². The van der Waals surface area contributed by atoms with E-state index >= 15 is 0 Å². The number of hydrogen-bond donors (Lipinski definition) is 0. The molecule has 3 aromatic rings. The molecule has 112 valence electrons. The number of halogens is 2. The van der Waals surface area contributed by atoms with Gasteiger partial charge in [0, 0.05) is 5.56 Å². The fraction of sp³-hybridized carbons (Fsp3) is 0.0476. The minimum absolute atomic E-state index is 0.203. The molecule has 23 heavy (non-hydrogen) atoms. The third-order valence-corrected chi connectivity index (χ3v) is 3.53. The van der Waals surface area contributed by atoms with Crippen LogP contribution in [0.25, 0.3) is 11.1 Å². The van der Waals surface area contributed by atoms with Crippen molar-refractivity contribution in [2.45, 2.75) is 6.92 Å². The summed E-state index contributed by atoms with van der Waals surface area (Å²) in [6.45, 7) is 1.97. The molecule has 0 radical (unpaired) electrons. The van der Waals surface area contributed by atoms with Gasteiger partial charge in [-0.2, -0.15) is 0 Å². The molecule has 0 spiro atoms. The van der Waals surface area contributed by atoms with Crippen molar-refractivity contribution in [1.29, 1.82) is 0 Å². The zero-order valence-electron chi connectivity index (χ0n) is 12.6. The molecule has 0 amide bonds. The summed E-state index contributed by atoms with van der Waals surface area (Å²) in [6, 6.07) is 19.3. The van der Waals surface area contributed by atoms with Crippen LogP contribution in [-0.2, 0) is 0 Å². The SMILES string of the molecule is Cc1ccc(C#Cc2c(F)cc(-c3ccccc3)cc2F)cc1. The molecular weight excluding hydrogens is 290 g/mol. The summed E-state index contributed by atoms with van der Waals surface area (Å²) in [5.74, 6) is 4.10. The Labute approximate surface area is 134 Å². The normalized spacial score (nSPS) is 10.0. The van der Waals surface area contributed by atoms with Crippen LogP contribution in [0.4, 0.5) is 8.78 Å². The minimum atomic E-state index is -0.650. The molecule has 0 bridgehead atoms. The van der Waals surface area contributed by atoms with Gasteiger partial charge in [-0.25, -0.2) is 8.78 Å².